The van der Waals surface area contributed by atoms with Crippen LogP contribution in [0.15, 0.2) is 89.4 Å². The summed E-state index contributed by atoms with van der Waals surface area (Å²) in [5.41, 5.74) is 3.81. The molecule has 2 amide bonds. The van der Waals surface area contributed by atoms with Crippen molar-refractivity contribution in [3.63, 3.8) is 0 Å². The Morgan fingerprint density at radius 3 is 2.40 bits per heavy atom. The lowest BCUT2D eigenvalue weighted by Crippen LogP contribution is -2.47. The third-order valence-electron chi connectivity index (χ3n) is 5.52. The molecule has 2 N–H and O–H groups in total. The Kier molecular flexibility index (Phi) is 8.00. The SMILES string of the molecule is CNC(=O)C(Cc1cccc(Br)c1)NC(=O)c1cc(-c2ccccc2)nn1Cc1ccc(Cl)cc1. The van der Waals surface area contributed by atoms with Gasteiger partial charge in [-0.2, -0.15) is 5.10 Å². The largest absolute Gasteiger partial charge is 0.357 e. The van der Waals surface area contributed by atoms with Crippen molar-refractivity contribution >= 4 is 39.3 Å². The van der Waals surface area contributed by atoms with Crippen molar-refractivity contribution < 1.29 is 9.59 Å². The van der Waals surface area contributed by atoms with Crippen molar-refractivity contribution in [2.45, 2.75) is 19.0 Å². The average Bonchev–Trinajstić information content (AvgIpc) is 3.29. The molecule has 6 nitrogen and oxygen atoms in total. The van der Waals surface area contributed by atoms with Crippen LogP contribution in [0.3, 0.4) is 0 Å². The molecule has 1 atom stereocenters. The molecule has 4 aromatic rings. The van der Waals surface area contributed by atoms with Gasteiger partial charge in [0.15, 0.2) is 0 Å². The van der Waals surface area contributed by atoms with E-state index in [1.807, 2.05) is 66.7 Å². The van der Waals surface area contributed by atoms with Gasteiger partial charge in [0, 0.05) is 28.5 Å². The minimum Gasteiger partial charge on any atom is -0.357 e. The molecule has 4 rings (SSSR count). The van der Waals surface area contributed by atoms with E-state index >= 15 is 0 Å². The van der Waals surface area contributed by atoms with Crippen LogP contribution in [0.25, 0.3) is 11.3 Å². The fourth-order valence-corrected chi connectivity index (χ4v) is 4.32. The summed E-state index contributed by atoms with van der Waals surface area (Å²) in [6.45, 7) is 0.378. The Morgan fingerprint density at radius 2 is 1.71 bits per heavy atom. The van der Waals surface area contributed by atoms with Crippen molar-refractivity contribution in [3.05, 3.63) is 111 Å². The predicted octanol–water partition coefficient (Wildman–Crippen LogP) is 5.10. The van der Waals surface area contributed by atoms with Gasteiger partial charge in [0.25, 0.3) is 5.91 Å². The van der Waals surface area contributed by atoms with E-state index in [2.05, 4.69) is 26.6 Å². The number of nitrogens with one attached hydrogen (secondary N) is 2. The first-order chi connectivity index (χ1) is 16.9. The molecule has 0 saturated heterocycles. The second-order valence-corrected chi connectivity index (χ2v) is 9.39. The molecule has 0 aliphatic heterocycles. The maximum Gasteiger partial charge on any atom is 0.270 e. The quantitative estimate of drug-likeness (QED) is 0.320. The van der Waals surface area contributed by atoms with E-state index in [4.69, 9.17) is 16.7 Å². The van der Waals surface area contributed by atoms with E-state index in [9.17, 15) is 9.59 Å². The lowest BCUT2D eigenvalue weighted by Gasteiger charge is -2.18. The van der Waals surface area contributed by atoms with Gasteiger partial charge < -0.3 is 10.6 Å². The molecule has 0 aliphatic carbocycles. The molecule has 1 unspecified atom stereocenters. The van der Waals surface area contributed by atoms with E-state index in [1.54, 1.807) is 29.9 Å². The minimum atomic E-state index is -0.749. The third-order valence-corrected chi connectivity index (χ3v) is 6.27. The number of rotatable bonds is 8. The first-order valence-electron chi connectivity index (χ1n) is 11.1. The van der Waals surface area contributed by atoms with Crippen LogP contribution in [0.5, 0.6) is 0 Å². The van der Waals surface area contributed by atoms with Crippen LogP contribution >= 0.6 is 27.5 Å². The summed E-state index contributed by atoms with van der Waals surface area (Å²) in [6.07, 6.45) is 0.349. The van der Waals surface area contributed by atoms with Crippen molar-refractivity contribution in [2.24, 2.45) is 0 Å². The number of carbonyl (C=O) groups excluding carboxylic acids is 2. The fraction of sp³-hybridized carbons (Fsp3) is 0.148. The average molecular weight is 552 g/mol. The summed E-state index contributed by atoms with van der Waals surface area (Å²) >= 11 is 9.49. The smallest absolute Gasteiger partial charge is 0.270 e. The van der Waals surface area contributed by atoms with Gasteiger partial charge in [0.05, 0.1) is 12.2 Å². The molecule has 0 bridgehead atoms. The lowest BCUT2D eigenvalue weighted by molar-refractivity contribution is -0.122. The highest BCUT2D eigenvalue weighted by atomic mass is 79.9. The summed E-state index contributed by atoms with van der Waals surface area (Å²) in [5.74, 6) is -0.650. The number of aromatic nitrogens is 2. The van der Waals surface area contributed by atoms with Crippen LogP contribution < -0.4 is 10.6 Å². The van der Waals surface area contributed by atoms with Gasteiger partial charge in [0.2, 0.25) is 5.91 Å². The molecule has 178 valence electrons. The minimum absolute atomic E-state index is 0.273. The molecule has 8 heteroatoms. The van der Waals surface area contributed by atoms with E-state index < -0.39 is 6.04 Å². The topological polar surface area (TPSA) is 76.0 Å². The first-order valence-corrected chi connectivity index (χ1v) is 12.2. The van der Waals surface area contributed by atoms with E-state index in [0.29, 0.717) is 29.4 Å². The Morgan fingerprint density at radius 1 is 0.971 bits per heavy atom. The number of amides is 2. The summed E-state index contributed by atoms with van der Waals surface area (Å²) in [6, 6.07) is 25.7. The Bertz CT molecular complexity index is 1320. The van der Waals surface area contributed by atoms with Gasteiger partial charge >= 0.3 is 0 Å². The Balaban J connectivity index is 1.64. The summed E-state index contributed by atoms with van der Waals surface area (Å²) in [5, 5.41) is 10.9. The molecule has 0 radical (unpaired) electrons. The van der Waals surface area contributed by atoms with Crippen LogP contribution in [0, 0.1) is 0 Å². The summed E-state index contributed by atoms with van der Waals surface area (Å²) < 4.78 is 2.56. The zero-order valence-electron chi connectivity index (χ0n) is 19.0. The van der Waals surface area contributed by atoms with Gasteiger partial charge in [-0.25, -0.2) is 0 Å². The van der Waals surface area contributed by atoms with E-state index in [0.717, 1.165) is 21.2 Å². The van der Waals surface area contributed by atoms with Crippen LogP contribution in [0.2, 0.25) is 5.02 Å². The zero-order valence-corrected chi connectivity index (χ0v) is 21.4. The van der Waals surface area contributed by atoms with Crippen LogP contribution in [0.1, 0.15) is 21.6 Å². The predicted molar refractivity (Wildman–Crippen MR) is 141 cm³/mol. The Hall–Kier alpha value is -3.42. The molecule has 1 heterocycles. The monoisotopic (exact) mass is 550 g/mol. The molecule has 1 aromatic heterocycles. The standard InChI is InChI=1S/C27H24BrClN4O2/c1-30-26(34)24(15-19-6-5-9-21(28)14-19)31-27(35)25-16-23(20-7-3-2-4-8-20)32-33(25)17-18-10-12-22(29)13-11-18/h2-14,16,24H,15,17H2,1H3,(H,30,34)(H,31,35). The highest BCUT2D eigenvalue weighted by Gasteiger charge is 2.24. The van der Waals surface area contributed by atoms with E-state index in [1.165, 1.54) is 0 Å². The number of halogens is 2. The highest BCUT2D eigenvalue weighted by Crippen LogP contribution is 2.21. The van der Waals surface area contributed by atoms with Crippen molar-refractivity contribution in [3.8, 4) is 11.3 Å². The number of hydrogen-bond acceptors (Lipinski definition) is 3. The maximum absolute atomic E-state index is 13.5. The van der Waals surface area contributed by atoms with E-state index in [-0.39, 0.29) is 11.8 Å². The molecule has 0 saturated carbocycles. The Labute approximate surface area is 217 Å². The molecular formula is C27H24BrClN4O2. The van der Waals surface area contributed by atoms with Gasteiger partial charge in [-0.3, -0.25) is 14.3 Å². The van der Waals surface area contributed by atoms with Gasteiger partial charge in [-0.05, 0) is 41.5 Å². The molecular weight excluding hydrogens is 528 g/mol. The van der Waals surface area contributed by atoms with Crippen molar-refractivity contribution in [2.75, 3.05) is 7.05 Å². The molecule has 3 aromatic carbocycles. The normalized spacial score (nSPS) is 11.6. The van der Waals surface area contributed by atoms with Crippen molar-refractivity contribution in [1.82, 2.24) is 20.4 Å². The number of benzene rings is 3. The number of nitrogens with zero attached hydrogens (tertiary/aromatic N) is 2. The maximum atomic E-state index is 13.5. The molecule has 0 fully saturated rings. The van der Waals surface area contributed by atoms with Crippen LogP contribution in [0.4, 0.5) is 0 Å². The van der Waals surface area contributed by atoms with Gasteiger partial charge in [-0.15, -0.1) is 0 Å². The number of likely N-dealkylation sites (N-methyl/N-ethyl adjacent to an activating group) is 1. The zero-order chi connectivity index (χ0) is 24.8. The molecule has 0 spiro atoms. The van der Waals surface area contributed by atoms with Gasteiger partial charge in [-0.1, -0.05) is 82.1 Å². The molecule has 35 heavy (non-hydrogen) atoms. The van der Waals surface area contributed by atoms with Gasteiger partial charge in [0.1, 0.15) is 11.7 Å². The second kappa shape index (κ2) is 11.3. The third kappa shape index (κ3) is 6.38. The summed E-state index contributed by atoms with van der Waals surface area (Å²) in [7, 11) is 1.56. The van der Waals surface area contributed by atoms with Crippen LogP contribution in [-0.2, 0) is 17.8 Å². The molecule has 0 aliphatic rings. The summed E-state index contributed by atoms with van der Waals surface area (Å²) in [4.78, 5) is 26.1. The number of hydrogen-bond donors (Lipinski definition) is 2. The second-order valence-electron chi connectivity index (χ2n) is 8.04. The van der Waals surface area contributed by atoms with Crippen LogP contribution in [-0.4, -0.2) is 34.7 Å². The lowest BCUT2D eigenvalue weighted by atomic mass is 10.0. The highest BCUT2D eigenvalue weighted by molar-refractivity contribution is 9.10. The van der Waals surface area contributed by atoms with Crippen molar-refractivity contribution in [1.29, 1.82) is 0 Å². The fourth-order valence-electron chi connectivity index (χ4n) is 3.75. The first kappa shape index (κ1) is 24.7. The number of carbonyl (C=O) groups is 2.